The van der Waals surface area contributed by atoms with Gasteiger partial charge in [0.25, 0.3) is 0 Å². The first-order valence-corrected chi connectivity index (χ1v) is 8.41. The van der Waals surface area contributed by atoms with Gasteiger partial charge in [0.05, 0.1) is 0 Å². The molecule has 126 valence electrons. The molecule has 2 saturated heterocycles. The first-order valence-electron chi connectivity index (χ1n) is 8.41. The highest BCUT2D eigenvalue weighted by molar-refractivity contribution is 5.79. The third kappa shape index (κ3) is 3.12. The van der Waals surface area contributed by atoms with E-state index in [1.165, 1.54) is 0 Å². The Morgan fingerprint density at radius 1 is 1.14 bits per heavy atom. The van der Waals surface area contributed by atoms with E-state index >= 15 is 0 Å². The van der Waals surface area contributed by atoms with Crippen LogP contribution in [0.2, 0.25) is 0 Å². The van der Waals surface area contributed by atoms with E-state index in [4.69, 9.17) is 0 Å². The van der Waals surface area contributed by atoms with E-state index in [2.05, 4.69) is 4.90 Å². The van der Waals surface area contributed by atoms with Crippen LogP contribution in [0.1, 0.15) is 44.9 Å². The van der Waals surface area contributed by atoms with Crippen LogP contribution in [0.15, 0.2) is 0 Å². The van der Waals surface area contributed by atoms with Gasteiger partial charge in [-0.25, -0.2) is 13.2 Å². The summed E-state index contributed by atoms with van der Waals surface area (Å²) in [4.78, 5) is 16.0. The molecule has 1 spiro atoms. The highest BCUT2D eigenvalue weighted by Gasteiger charge is 2.47. The number of likely N-dealkylation sites (tertiary alicyclic amines) is 2. The minimum atomic E-state index is -2.45. The van der Waals surface area contributed by atoms with Gasteiger partial charge in [0, 0.05) is 44.4 Å². The fraction of sp³-hybridized carbons (Fsp3) is 0.938. The smallest absolute Gasteiger partial charge is 0.248 e. The van der Waals surface area contributed by atoms with E-state index in [-0.39, 0.29) is 36.8 Å². The second kappa shape index (κ2) is 6.02. The maximum absolute atomic E-state index is 12.9. The van der Waals surface area contributed by atoms with Crippen molar-refractivity contribution in [2.45, 2.75) is 56.4 Å². The van der Waals surface area contributed by atoms with Gasteiger partial charge < -0.3 is 9.80 Å². The van der Waals surface area contributed by atoms with E-state index in [9.17, 15) is 18.0 Å². The fourth-order valence-corrected chi connectivity index (χ4v) is 4.54. The van der Waals surface area contributed by atoms with Gasteiger partial charge in [-0.15, -0.1) is 0 Å². The second-order valence-electron chi connectivity index (χ2n) is 7.24. The summed E-state index contributed by atoms with van der Waals surface area (Å²) < 4.78 is 38.6. The predicted molar refractivity (Wildman–Crippen MR) is 77.6 cm³/mol. The van der Waals surface area contributed by atoms with Gasteiger partial charge in [0.1, 0.15) is 6.67 Å². The Hall–Kier alpha value is -0.780. The first-order chi connectivity index (χ1) is 10.4. The molecule has 1 amide bonds. The highest BCUT2D eigenvalue weighted by atomic mass is 19.3. The maximum Gasteiger partial charge on any atom is 0.248 e. The molecule has 2 heterocycles. The number of alkyl halides is 3. The van der Waals surface area contributed by atoms with E-state index < -0.39 is 12.6 Å². The van der Waals surface area contributed by atoms with Crippen molar-refractivity contribution in [3.63, 3.8) is 0 Å². The molecule has 0 aromatic carbocycles. The minimum Gasteiger partial charge on any atom is -0.334 e. The standard InChI is InChI=1S/C16H25F3N2O/c17-6-9-21-14(22)2-4-15(21)3-1-7-20(8-5-15)12-13-10-16(18,19)11-13/h13H,1-12H2/t15-/m1/s1. The van der Waals surface area contributed by atoms with Crippen LogP contribution in [0.25, 0.3) is 0 Å². The topological polar surface area (TPSA) is 23.6 Å². The molecule has 22 heavy (non-hydrogen) atoms. The third-order valence-electron chi connectivity index (χ3n) is 5.69. The quantitative estimate of drug-likeness (QED) is 0.796. The second-order valence-corrected chi connectivity index (χ2v) is 7.24. The number of carbonyl (C=O) groups is 1. The molecule has 0 aromatic heterocycles. The molecule has 3 nitrogen and oxygen atoms in total. The lowest BCUT2D eigenvalue weighted by Gasteiger charge is -2.39. The van der Waals surface area contributed by atoms with Crippen molar-refractivity contribution in [3.8, 4) is 0 Å². The van der Waals surface area contributed by atoms with Gasteiger partial charge in [-0.05, 0) is 38.1 Å². The Kier molecular flexibility index (Phi) is 4.40. The lowest BCUT2D eigenvalue weighted by molar-refractivity contribution is -0.132. The molecule has 0 aromatic rings. The van der Waals surface area contributed by atoms with Crippen molar-refractivity contribution in [1.29, 1.82) is 0 Å². The van der Waals surface area contributed by atoms with Gasteiger partial charge in [-0.2, -0.15) is 0 Å². The molecule has 0 bridgehead atoms. The highest BCUT2D eigenvalue weighted by Crippen LogP contribution is 2.43. The van der Waals surface area contributed by atoms with Gasteiger partial charge in [0.2, 0.25) is 11.8 Å². The average Bonchev–Trinajstić information content (AvgIpc) is 2.61. The molecule has 6 heteroatoms. The Morgan fingerprint density at radius 2 is 1.91 bits per heavy atom. The van der Waals surface area contributed by atoms with Crippen LogP contribution in [0, 0.1) is 5.92 Å². The summed E-state index contributed by atoms with van der Waals surface area (Å²) in [6.45, 7) is 2.18. The van der Waals surface area contributed by atoms with Crippen molar-refractivity contribution in [3.05, 3.63) is 0 Å². The first kappa shape index (κ1) is 16.1. The lowest BCUT2D eigenvalue weighted by atomic mass is 9.81. The van der Waals surface area contributed by atoms with Crippen LogP contribution in [0.5, 0.6) is 0 Å². The molecule has 1 atom stereocenters. The van der Waals surface area contributed by atoms with Gasteiger partial charge in [-0.1, -0.05) is 0 Å². The number of rotatable bonds is 4. The summed E-state index contributed by atoms with van der Waals surface area (Å²) >= 11 is 0. The SMILES string of the molecule is O=C1CC[C@@]2(CCCN(CC3CC(F)(F)C3)CC2)N1CCF. The van der Waals surface area contributed by atoms with Crippen molar-refractivity contribution in [2.24, 2.45) is 5.92 Å². The molecule has 0 unspecified atom stereocenters. The maximum atomic E-state index is 12.9. The molecule has 3 aliphatic rings. The summed E-state index contributed by atoms with van der Waals surface area (Å²) in [6.07, 6.45) is 4.09. The number of hydrogen-bond donors (Lipinski definition) is 0. The van der Waals surface area contributed by atoms with E-state index in [0.29, 0.717) is 6.42 Å². The van der Waals surface area contributed by atoms with Gasteiger partial charge in [-0.3, -0.25) is 4.79 Å². The zero-order valence-electron chi connectivity index (χ0n) is 13.0. The predicted octanol–water partition coefficient (Wildman–Crippen LogP) is 2.85. The van der Waals surface area contributed by atoms with Crippen LogP contribution >= 0.6 is 0 Å². The Bertz CT molecular complexity index is 424. The number of amides is 1. The summed E-state index contributed by atoms with van der Waals surface area (Å²) in [5.74, 6) is -2.27. The van der Waals surface area contributed by atoms with Crippen LogP contribution < -0.4 is 0 Å². The number of halogens is 3. The van der Waals surface area contributed by atoms with Crippen LogP contribution in [0.4, 0.5) is 13.2 Å². The number of nitrogens with zero attached hydrogens (tertiary/aromatic N) is 2. The lowest BCUT2D eigenvalue weighted by Crippen LogP contribution is -2.47. The molecule has 0 N–H and O–H groups in total. The molecule has 3 rings (SSSR count). The average molecular weight is 318 g/mol. The Labute approximate surface area is 129 Å². The van der Waals surface area contributed by atoms with Crippen molar-refractivity contribution < 1.29 is 18.0 Å². The Balaban J connectivity index is 1.56. The van der Waals surface area contributed by atoms with Crippen LogP contribution in [-0.2, 0) is 4.79 Å². The molecular weight excluding hydrogens is 293 g/mol. The molecule has 1 saturated carbocycles. The van der Waals surface area contributed by atoms with Crippen LogP contribution in [-0.4, -0.2) is 60.0 Å². The molecule has 1 aliphatic carbocycles. The zero-order valence-corrected chi connectivity index (χ0v) is 13.0. The molecular formula is C16H25F3N2O. The number of hydrogen-bond acceptors (Lipinski definition) is 2. The Morgan fingerprint density at radius 3 is 2.59 bits per heavy atom. The molecule has 3 fully saturated rings. The minimum absolute atomic E-state index is 0.0150. The van der Waals surface area contributed by atoms with Gasteiger partial charge >= 0.3 is 0 Å². The molecule has 2 aliphatic heterocycles. The number of carbonyl (C=O) groups excluding carboxylic acids is 1. The van der Waals surface area contributed by atoms with Crippen LogP contribution in [0.3, 0.4) is 0 Å². The fourth-order valence-electron chi connectivity index (χ4n) is 4.54. The van der Waals surface area contributed by atoms with Crippen molar-refractivity contribution >= 4 is 5.91 Å². The van der Waals surface area contributed by atoms with Crippen molar-refractivity contribution in [1.82, 2.24) is 9.80 Å². The normalized spacial score (nSPS) is 33.2. The third-order valence-corrected chi connectivity index (χ3v) is 5.69. The monoisotopic (exact) mass is 318 g/mol. The summed E-state index contributed by atoms with van der Waals surface area (Å²) in [6, 6.07) is 0. The van der Waals surface area contributed by atoms with E-state index in [1.807, 2.05) is 0 Å². The summed E-state index contributed by atoms with van der Waals surface area (Å²) in [5, 5.41) is 0. The van der Waals surface area contributed by atoms with E-state index in [1.54, 1.807) is 4.90 Å². The van der Waals surface area contributed by atoms with E-state index in [0.717, 1.165) is 45.3 Å². The van der Waals surface area contributed by atoms with Crippen molar-refractivity contribution in [2.75, 3.05) is 32.9 Å². The summed E-state index contributed by atoms with van der Waals surface area (Å²) in [7, 11) is 0. The van der Waals surface area contributed by atoms with Gasteiger partial charge in [0.15, 0.2) is 0 Å². The summed E-state index contributed by atoms with van der Waals surface area (Å²) in [5.41, 5.74) is -0.179. The zero-order chi connectivity index (χ0) is 15.8. The molecule has 0 radical (unpaired) electrons. The largest absolute Gasteiger partial charge is 0.334 e.